The lowest BCUT2D eigenvalue weighted by Gasteiger charge is -2.14. The van der Waals surface area contributed by atoms with Crippen molar-refractivity contribution in [3.8, 4) is 11.6 Å². The van der Waals surface area contributed by atoms with Crippen LogP contribution in [0.2, 0.25) is 0 Å². The number of hydrogen-bond acceptors (Lipinski definition) is 6. The first-order chi connectivity index (χ1) is 13.7. The van der Waals surface area contributed by atoms with Gasteiger partial charge in [0, 0.05) is 36.4 Å². The van der Waals surface area contributed by atoms with Crippen LogP contribution in [-0.2, 0) is 0 Å². The molecule has 1 saturated heterocycles. The molecule has 0 unspecified atom stereocenters. The van der Waals surface area contributed by atoms with Gasteiger partial charge in [-0.1, -0.05) is 6.07 Å². The molecular weight excluding hydrogens is 363 g/mol. The van der Waals surface area contributed by atoms with E-state index in [9.17, 15) is 9.18 Å². The highest BCUT2D eigenvalue weighted by molar-refractivity contribution is 5.98. The number of fused-ring (bicyclic) bond motifs is 1. The summed E-state index contributed by atoms with van der Waals surface area (Å²) in [6.45, 7) is 1.02. The Hall–Kier alpha value is -3.62. The number of carbonyl (C=O) groups is 1. The zero-order valence-electron chi connectivity index (χ0n) is 14.7. The van der Waals surface area contributed by atoms with Crippen LogP contribution in [0.25, 0.3) is 22.5 Å². The van der Waals surface area contributed by atoms with Crippen molar-refractivity contribution in [1.82, 2.24) is 30.0 Å². The van der Waals surface area contributed by atoms with Crippen LogP contribution in [0.3, 0.4) is 0 Å². The summed E-state index contributed by atoms with van der Waals surface area (Å²) in [5.74, 6) is 0.196. The minimum Gasteiger partial charge on any atom is -0.419 e. The molecular formula is C19H15FN6O2. The van der Waals surface area contributed by atoms with Crippen molar-refractivity contribution >= 4 is 16.8 Å². The normalized spacial score (nSPS) is 16.8. The van der Waals surface area contributed by atoms with E-state index in [4.69, 9.17) is 4.42 Å². The lowest BCUT2D eigenvalue weighted by atomic mass is 10.1. The monoisotopic (exact) mass is 378 g/mol. The van der Waals surface area contributed by atoms with Gasteiger partial charge in [-0.3, -0.25) is 9.78 Å². The summed E-state index contributed by atoms with van der Waals surface area (Å²) in [5.41, 5.74) is 1.48. The van der Waals surface area contributed by atoms with Gasteiger partial charge in [-0.2, -0.15) is 0 Å². The van der Waals surface area contributed by atoms with Crippen LogP contribution in [-0.4, -0.2) is 49.0 Å². The Morgan fingerprint density at radius 2 is 2.21 bits per heavy atom. The van der Waals surface area contributed by atoms with Gasteiger partial charge in [0.1, 0.15) is 17.2 Å². The third-order valence-electron chi connectivity index (χ3n) is 4.89. The Labute approximate surface area is 158 Å². The molecule has 0 bridgehead atoms. The maximum Gasteiger partial charge on any atom is 0.270 e. The van der Waals surface area contributed by atoms with E-state index in [1.807, 2.05) is 0 Å². The number of carbonyl (C=O) groups excluding carboxylic acids is 1. The summed E-state index contributed by atoms with van der Waals surface area (Å²) in [5, 5.41) is 8.54. The van der Waals surface area contributed by atoms with Gasteiger partial charge in [0.25, 0.3) is 11.8 Å². The highest BCUT2D eigenvalue weighted by Gasteiger charge is 2.32. The smallest absolute Gasteiger partial charge is 0.270 e. The second-order valence-electron chi connectivity index (χ2n) is 6.66. The van der Waals surface area contributed by atoms with Gasteiger partial charge in [0.15, 0.2) is 0 Å². The highest BCUT2D eigenvalue weighted by atomic mass is 19.1. The van der Waals surface area contributed by atoms with E-state index in [1.54, 1.807) is 41.7 Å². The van der Waals surface area contributed by atoms with E-state index in [0.29, 0.717) is 53.6 Å². The zero-order valence-corrected chi connectivity index (χ0v) is 14.7. The van der Waals surface area contributed by atoms with E-state index < -0.39 is 0 Å². The van der Waals surface area contributed by atoms with Crippen LogP contribution in [0.5, 0.6) is 0 Å². The van der Waals surface area contributed by atoms with Crippen molar-refractivity contribution in [2.75, 3.05) is 13.1 Å². The minimum atomic E-state index is -0.352. The molecule has 28 heavy (non-hydrogen) atoms. The van der Waals surface area contributed by atoms with Gasteiger partial charge >= 0.3 is 0 Å². The molecule has 1 N–H and O–H groups in total. The summed E-state index contributed by atoms with van der Waals surface area (Å²) in [6, 6.07) is 6.28. The second kappa shape index (κ2) is 6.52. The number of likely N-dealkylation sites (tertiary alicyclic amines) is 1. The number of rotatable bonds is 3. The molecule has 1 atom stereocenters. The summed E-state index contributed by atoms with van der Waals surface area (Å²) in [6.07, 6.45) is 5.38. The van der Waals surface area contributed by atoms with Crippen LogP contribution in [0.1, 0.15) is 28.7 Å². The maximum atomic E-state index is 13.9. The molecule has 1 aromatic carbocycles. The number of aromatic amines is 1. The summed E-state index contributed by atoms with van der Waals surface area (Å²) >= 11 is 0. The quantitative estimate of drug-likeness (QED) is 0.588. The number of aromatic nitrogens is 5. The van der Waals surface area contributed by atoms with Gasteiger partial charge < -0.3 is 14.3 Å². The molecule has 0 spiro atoms. The number of hydrogen-bond donors (Lipinski definition) is 1. The van der Waals surface area contributed by atoms with E-state index >= 15 is 0 Å². The highest BCUT2D eigenvalue weighted by Crippen LogP contribution is 2.29. The van der Waals surface area contributed by atoms with E-state index in [-0.39, 0.29) is 17.6 Å². The van der Waals surface area contributed by atoms with Crippen LogP contribution in [0.4, 0.5) is 4.39 Å². The molecule has 4 aromatic rings. The van der Waals surface area contributed by atoms with Crippen LogP contribution in [0.15, 0.2) is 47.3 Å². The third kappa shape index (κ3) is 2.81. The van der Waals surface area contributed by atoms with Crippen molar-refractivity contribution in [2.24, 2.45) is 0 Å². The van der Waals surface area contributed by atoms with Gasteiger partial charge in [-0.25, -0.2) is 9.37 Å². The van der Waals surface area contributed by atoms with Gasteiger partial charge in [-0.05, 0) is 24.6 Å². The Morgan fingerprint density at radius 3 is 3.04 bits per heavy atom. The number of nitrogens with zero attached hydrogens (tertiary/aromatic N) is 5. The van der Waals surface area contributed by atoms with Crippen LogP contribution in [0, 0.1) is 5.82 Å². The molecule has 0 aliphatic carbocycles. The summed E-state index contributed by atoms with van der Waals surface area (Å²) in [4.78, 5) is 25.7. The molecule has 140 valence electrons. The molecule has 5 rings (SSSR count). The van der Waals surface area contributed by atoms with Gasteiger partial charge in [0.2, 0.25) is 5.89 Å². The van der Waals surface area contributed by atoms with Gasteiger partial charge in [0.05, 0.1) is 12.1 Å². The molecule has 1 fully saturated rings. The fraction of sp³-hybridized carbons (Fsp3) is 0.211. The van der Waals surface area contributed by atoms with Crippen molar-refractivity contribution in [2.45, 2.75) is 12.3 Å². The Balaban J connectivity index is 1.33. The maximum absolute atomic E-state index is 13.9. The van der Waals surface area contributed by atoms with E-state index in [0.717, 1.165) is 0 Å². The summed E-state index contributed by atoms with van der Waals surface area (Å²) < 4.78 is 19.6. The SMILES string of the molecule is O=C(c1cc2c(F)cccc2[nH]1)N1CC[C@@H](c2nnc(-c3cnccn3)o2)C1. The fourth-order valence-corrected chi connectivity index (χ4v) is 3.46. The average molecular weight is 378 g/mol. The second-order valence-corrected chi connectivity index (χ2v) is 6.66. The van der Waals surface area contributed by atoms with Crippen LogP contribution >= 0.6 is 0 Å². The van der Waals surface area contributed by atoms with E-state index in [2.05, 4.69) is 25.1 Å². The van der Waals surface area contributed by atoms with Crippen molar-refractivity contribution < 1.29 is 13.6 Å². The van der Waals surface area contributed by atoms with Crippen molar-refractivity contribution in [3.05, 3.63) is 60.3 Å². The fourth-order valence-electron chi connectivity index (χ4n) is 3.46. The molecule has 0 radical (unpaired) electrons. The lowest BCUT2D eigenvalue weighted by Crippen LogP contribution is -2.28. The number of H-pyrrole nitrogens is 1. The molecule has 0 saturated carbocycles. The molecule has 1 amide bonds. The first kappa shape index (κ1) is 16.5. The third-order valence-corrected chi connectivity index (χ3v) is 4.89. The Kier molecular flexibility index (Phi) is 3.85. The molecule has 3 aromatic heterocycles. The average Bonchev–Trinajstić information content (AvgIpc) is 3.46. The van der Waals surface area contributed by atoms with Crippen LogP contribution < -0.4 is 0 Å². The molecule has 1 aliphatic rings. The molecule has 4 heterocycles. The zero-order chi connectivity index (χ0) is 19.1. The molecule has 1 aliphatic heterocycles. The molecule has 8 nitrogen and oxygen atoms in total. The Morgan fingerprint density at radius 1 is 1.29 bits per heavy atom. The molecule has 9 heteroatoms. The first-order valence-corrected chi connectivity index (χ1v) is 8.85. The van der Waals surface area contributed by atoms with Crippen molar-refractivity contribution in [3.63, 3.8) is 0 Å². The standard InChI is InChI=1S/C19H15FN6O2/c20-13-2-1-3-14-12(13)8-15(23-14)19(27)26-7-4-11(10-26)17-24-25-18(28-17)16-9-21-5-6-22-16/h1-3,5-6,8-9,11,23H,4,7,10H2/t11-/m1/s1. The predicted molar refractivity (Wildman–Crippen MR) is 96.8 cm³/mol. The number of benzene rings is 1. The van der Waals surface area contributed by atoms with Gasteiger partial charge in [-0.15, -0.1) is 10.2 Å². The van der Waals surface area contributed by atoms with E-state index in [1.165, 1.54) is 6.07 Å². The minimum absolute atomic E-state index is 0.0528. The number of amides is 1. The summed E-state index contributed by atoms with van der Waals surface area (Å²) in [7, 11) is 0. The number of nitrogens with one attached hydrogen (secondary N) is 1. The predicted octanol–water partition coefficient (Wildman–Crippen LogP) is 2.78. The topological polar surface area (TPSA) is 101 Å². The number of halogens is 1. The Bertz CT molecular complexity index is 1160. The first-order valence-electron chi connectivity index (χ1n) is 8.85. The lowest BCUT2D eigenvalue weighted by molar-refractivity contribution is 0.0785. The van der Waals surface area contributed by atoms with Crippen molar-refractivity contribution in [1.29, 1.82) is 0 Å². The largest absolute Gasteiger partial charge is 0.419 e.